The normalized spacial score (nSPS) is 26.0. The van der Waals surface area contributed by atoms with E-state index in [0.717, 1.165) is 6.54 Å². The van der Waals surface area contributed by atoms with E-state index >= 15 is 0 Å². The van der Waals surface area contributed by atoms with Crippen LogP contribution < -0.4 is 0 Å². The van der Waals surface area contributed by atoms with Crippen LogP contribution in [0.25, 0.3) is 0 Å². The molecule has 0 aliphatic heterocycles. The molecule has 21 heavy (non-hydrogen) atoms. The van der Waals surface area contributed by atoms with Gasteiger partial charge in [-0.25, -0.2) is 0 Å². The number of hydrogen-bond donors (Lipinski definition) is 2. The minimum atomic E-state index is -0.747. The lowest BCUT2D eigenvalue weighted by atomic mass is 9.78. The summed E-state index contributed by atoms with van der Waals surface area (Å²) in [6, 6.07) is 8.26. The summed E-state index contributed by atoms with van der Waals surface area (Å²) in [5.74, 6) is -1.02. The Morgan fingerprint density at radius 1 is 1.33 bits per heavy atom. The van der Waals surface area contributed by atoms with Gasteiger partial charge in [0.05, 0.1) is 11.5 Å². The number of aliphatic hydroxyl groups is 1. The van der Waals surface area contributed by atoms with Gasteiger partial charge in [0.15, 0.2) is 0 Å². The highest BCUT2D eigenvalue weighted by molar-refractivity contribution is 5.70. The van der Waals surface area contributed by atoms with Crippen molar-refractivity contribution in [2.75, 3.05) is 13.6 Å². The molecule has 4 nitrogen and oxygen atoms in total. The van der Waals surface area contributed by atoms with Gasteiger partial charge in [0.2, 0.25) is 0 Å². The number of carboxylic acid groups (broad SMARTS) is 1. The third kappa shape index (κ3) is 4.29. The molecule has 0 amide bonds. The van der Waals surface area contributed by atoms with E-state index in [1.165, 1.54) is 11.1 Å². The van der Waals surface area contributed by atoms with Crippen LogP contribution in [0.2, 0.25) is 0 Å². The summed E-state index contributed by atoms with van der Waals surface area (Å²) in [7, 11) is 2.01. The lowest BCUT2D eigenvalue weighted by Crippen LogP contribution is -2.44. The standard InChI is InChI=1S/C17H25NO3/c1-13-5-3-4-6-15(13)11-18(2)12-17(21)9-7-14(8-10-17)16(19)20/h3-6,14,21H,7-12H2,1-2H3,(H,19,20). The fraction of sp³-hybridized carbons (Fsp3) is 0.588. The topological polar surface area (TPSA) is 60.8 Å². The monoisotopic (exact) mass is 291 g/mol. The first-order valence-electron chi connectivity index (χ1n) is 7.58. The summed E-state index contributed by atoms with van der Waals surface area (Å²) >= 11 is 0. The smallest absolute Gasteiger partial charge is 0.306 e. The zero-order chi connectivity index (χ0) is 15.5. The van der Waals surface area contributed by atoms with Crippen LogP contribution >= 0.6 is 0 Å². The molecule has 0 atom stereocenters. The zero-order valence-electron chi connectivity index (χ0n) is 12.9. The van der Waals surface area contributed by atoms with Gasteiger partial charge in [-0.2, -0.15) is 0 Å². The average Bonchev–Trinajstić information content (AvgIpc) is 2.41. The Morgan fingerprint density at radius 3 is 2.52 bits per heavy atom. The number of aryl methyl sites for hydroxylation is 1. The fourth-order valence-corrected chi connectivity index (χ4v) is 3.20. The summed E-state index contributed by atoms with van der Waals surface area (Å²) in [4.78, 5) is 13.1. The highest BCUT2D eigenvalue weighted by atomic mass is 16.4. The largest absolute Gasteiger partial charge is 0.481 e. The molecule has 116 valence electrons. The van der Waals surface area contributed by atoms with E-state index in [1.54, 1.807) is 0 Å². The van der Waals surface area contributed by atoms with Crippen LogP contribution in [0.3, 0.4) is 0 Å². The van der Waals surface area contributed by atoms with Gasteiger partial charge in [-0.05, 0) is 50.8 Å². The molecule has 0 aromatic heterocycles. The molecule has 0 radical (unpaired) electrons. The molecule has 1 aliphatic rings. The third-order valence-electron chi connectivity index (χ3n) is 4.53. The molecular weight excluding hydrogens is 266 g/mol. The zero-order valence-corrected chi connectivity index (χ0v) is 12.9. The highest BCUT2D eigenvalue weighted by Gasteiger charge is 2.36. The number of aliphatic carboxylic acids is 1. The number of rotatable bonds is 5. The van der Waals surface area contributed by atoms with Gasteiger partial charge in [0.25, 0.3) is 0 Å². The SMILES string of the molecule is Cc1ccccc1CN(C)CC1(O)CCC(C(=O)O)CC1. The molecule has 4 heteroatoms. The van der Waals surface area contributed by atoms with Crippen LogP contribution in [-0.4, -0.2) is 40.3 Å². The first kappa shape index (κ1) is 16.0. The Balaban J connectivity index is 1.89. The summed E-state index contributed by atoms with van der Waals surface area (Å²) in [5.41, 5.74) is 1.78. The van der Waals surface area contributed by atoms with Crippen molar-refractivity contribution in [3.63, 3.8) is 0 Å². The van der Waals surface area contributed by atoms with Crippen LogP contribution in [0.4, 0.5) is 0 Å². The van der Waals surface area contributed by atoms with E-state index in [0.29, 0.717) is 32.2 Å². The van der Waals surface area contributed by atoms with Crippen LogP contribution in [0.1, 0.15) is 36.8 Å². The number of carbonyl (C=O) groups is 1. The van der Waals surface area contributed by atoms with Crippen molar-refractivity contribution >= 4 is 5.97 Å². The summed E-state index contributed by atoms with van der Waals surface area (Å²) < 4.78 is 0. The quantitative estimate of drug-likeness (QED) is 0.874. The molecule has 1 aliphatic carbocycles. The maximum absolute atomic E-state index is 11.0. The Bertz CT molecular complexity index is 493. The molecule has 1 fully saturated rings. The average molecular weight is 291 g/mol. The fourth-order valence-electron chi connectivity index (χ4n) is 3.20. The predicted octanol–water partition coefficient (Wildman–Crippen LogP) is 2.43. The second-order valence-electron chi connectivity index (χ2n) is 6.44. The van der Waals surface area contributed by atoms with Crippen LogP contribution in [0, 0.1) is 12.8 Å². The van der Waals surface area contributed by atoms with Gasteiger partial charge < -0.3 is 10.2 Å². The van der Waals surface area contributed by atoms with Crippen molar-refractivity contribution in [3.05, 3.63) is 35.4 Å². The van der Waals surface area contributed by atoms with Gasteiger partial charge in [-0.3, -0.25) is 9.69 Å². The van der Waals surface area contributed by atoms with Gasteiger partial charge in [-0.1, -0.05) is 24.3 Å². The maximum atomic E-state index is 11.0. The van der Waals surface area contributed by atoms with Gasteiger partial charge in [0, 0.05) is 13.1 Å². The molecule has 1 saturated carbocycles. The molecule has 0 heterocycles. The molecule has 1 aromatic carbocycles. The lowest BCUT2D eigenvalue weighted by Gasteiger charge is -2.37. The molecule has 2 N–H and O–H groups in total. The lowest BCUT2D eigenvalue weighted by molar-refractivity contribution is -0.145. The summed E-state index contributed by atoms with van der Waals surface area (Å²) in [6.45, 7) is 3.49. The van der Waals surface area contributed by atoms with Crippen molar-refractivity contribution < 1.29 is 15.0 Å². The number of hydrogen-bond acceptors (Lipinski definition) is 3. The van der Waals surface area contributed by atoms with Crippen molar-refractivity contribution in [3.8, 4) is 0 Å². The van der Waals surface area contributed by atoms with Gasteiger partial charge in [0.1, 0.15) is 0 Å². The first-order valence-corrected chi connectivity index (χ1v) is 7.58. The minimum Gasteiger partial charge on any atom is -0.481 e. The second kappa shape index (κ2) is 6.58. The van der Waals surface area contributed by atoms with E-state index < -0.39 is 11.6 Å². The van der Waals surface area contributed by atoms with Crippen molar-refractivity contribution in [2.24, 2.45) is 5.92 Å². The Hall–Kier alpha value is -1.39. The minimum absolute atomic E-state index is 0.285. The number of benzene rings is 1. The predicted molar refractivity (Wildman–Crippen MR) is 82.1 cm³/mol. The van der Waals surface area contributed by atoms with Crippen molar-refractivity contribution in [2.45, 2.75) is 44.8 Å². The molecule has 0 saturated heterocycles. The third-order valence-corrected chi connectivity index (χ3v) is 4.53. The Kier molecular flexibility index (Phi) is 5.01. The van der Waals surface area contributed by atoms with Crippen molar-refractivity contribution in [1.82, 2.24) is 4.90 Å². The van der Waals surface area contributed by atoms with E-state index in [1.807, 2.05) is 19.2 Å². The number of likely N-dealkylation sites (N-methyl/N-ethyl adjacent to an activating group) is 1. The van der Waals surface area contributed by atoms with E-state index in [9.17, 15) is 9.90 Å². The number of carboxylic acids is 1. The van der Waals surface area contributed by atoms with E-state index in [2.05, 4.69) is 24.0 Å². The van der Waals surface area contributed by atoms with Crippen LogP contribution in [-0.2, 0) is 11.3 Å². The molecule has 0 bridgehead atoms. The maximum Gasteiger partial charge on any atom is 0.306 e. The molecular formula is C17H25NO3. The Morgan fingerprint density at radius 2 is 1.95 bits per heavy atom. The highest BCUT2D eigenvalue weighted by Crippen LogP contribution is 2.33. The molecule has 2 rings (SSSR count). The van der Waals surface area contributed by atoms with E-state index in [-0.39, 0.29) is 5.92 Å². The molecule has 0 spiro atoms. The summed E-state index contributed by atoms with van der Waals surface area (Å²) in [5, 5.41) is 19.7. The first-order chi connectivity index (χ1) is 9.89. The van der Waals surface area contributed by atoms with Gasteiger partial charge in [-0.15, -0.1) is 0 Å². The second-order valence-corrected chi connectivity index (χ2v) is 6.44. The van der Waals surface area contributed by atoms with Crippen LogP contribution in [0.5, 0.6) is 0 Å². The Labute approximate surface area is 126 Å². The molecule has 1 aromatic rings. The van der Waals surface area contributed by atoms with E-state index in [4.69, 9.17) is 5.11 Å². The summed E-state index contributed by atoms with van der Waals surface area (Å²) in [6.07, 6.45) is 2.29. The molecule has 0 unspecified atom stereocenters. The number of nitrogens with zero attached hydrogens (tertiary/aromatic N) is 1. The van der Waals surface area contributed by atoms with Crippen LogP contribution in [0.15, 0.2) is 24.3 Å². The van der Waals surface area contributed by atoms with Crippen molar-refractivity contribution in [1.29, 1.82) is 0 Å². The van der Waals surface area contributed by atoms with Gasteiger partial charge >= 0.3 is 5.97 Å².